The van der Waals surface area contributed by atoms with Crippen LogP contribution in [0.5, 0.6) is 0 Å². The van der Waals surface area contributed by atoms with Gasteiger partial charge in [0.05, 0.1) is 5.52 Å². The van der Waals surface area contributed by atoms with Crippen LogP contribution in [0.2, 0.25) is 0 Å². The van der Waals surface area contributed by atoms with Crippen molar-refractivity contribution in [3.63, 3.8) is 0 Å². The Morgan fingerprint density at radius 1 is 1.29 bits per heavy atom. The normalized spacial score (nSPS) is 10.8. The molecule has 0 aliphatic carbocycles. The molecule has 0 aliphatic rings. The molecule has 0 saturated carbocycles. The van der Waals surface area contributed by atoms with Gasteiger partial charge in [0, 0.05) is 18.5 Å². The highest BCUT2D eigenvalue weighted by molar-refractivity contribution is 5.82. The molecule has 0 fully saturated rings. The number of benzene rings is 1. The fourth-order valence-electron chi connectivity index (χ4n) is 1.92. The molecule has 3 N–H and O–H groups in total. The number of pyridine rings is 1. The van der Waals surface area contributed by atoms with Crippen LogP contribution in [0, 0.1) is 6.92 Å². The zero-order valence-corrected chi connectivity index (χ0v) is 10.5. The number of fused-ring (bicyclic) bond motifs is 1. The maximum Gasteiger partial charge on any atom is 0.129 e. The van der Waals surface area contributed by atoms with Crippen LogP contribution in [0.25, 0.3) is 10.9 Å². The minimum atomic E-state index is 0.619. The van der Waals surface area contributed by atoms with Crippen LogP contribution in [0.1, 0.15) is 18.1 Å². The van der Waals surface area contributed by atoms with E-state index in [1.54, 1.807) is 0 Å². The number of nitrogens with zero attached hydrogens (tertiary/aromatic N) is 1. The zero-order chi connectivity index (χ0) is 12.3. The lowest BCUT2D eigenvalue weighted by atomic mass is 10.1. The van der Waals surface area contributed by atoms with Gasteiger partial charge in [0.1, 0.15) is 5.82 Å². The van der Waals surface area contributed by atoms with Gasteiger partial charge in [-0.15, -0.1) is 0 Å². The molecule has 0 unspecified atom stereocenters. The molecule has 0 saturated heterocycles. The van der Waals surface area contributed by atoms with Crippen LogP contribution in [0.3, 0.4) is 0 Å². The highest BCUT2D eigenvalue weighted by atomic mass is 15.0. The molecule has 0 spiro atoms. The second-order valence-corrected chi connectivity index (χ2v) is 4.25. The van der Waals surface area contributed by atoms with Gasteiger partial charge in [0.2, 0.25) is 0 Å². The smallest absolute Gasteiger partial charge is 0.129 e. The van der Waals surface area contributed by atoms with E-state index in [0.717, 1.165) is 24.3 Å². The predicted octanol–water partition coefficient (Wildman–Crippen LogP) is 2.48. The van der Waals surface area contributed by atoms with E-state index in [-0.39, 0.29) is 0 Å². The minimum absolute atomic E-state index is 0.619. The van der Waals surface area contributed by atoms with Crippen LogP contribution in [0.4, 0.5) is 5.82 Å². The van der Waals surface area contributed by atoms with E-state index in [0.29, 0.717) is 6.54 Å². The summed E-state index contributed by atoms with van der Waals surface area (Å²) >= 11 is 0. The van der Waals surface area contributed by atoms with E-state index in [4.69, 9.17) is 5.73 Å². The number of aromatic nitrogens is 1. The van der Waals surface area contributed by atoms with Crippen molar-refractivity contribution in [3.05, 3.63) is 35.4 Å². The molecule has 1 aromatic carbocycles. The van der Waals surface area contributed by atoms with Gasteiger partial charge in [-0.25, -0.2) is 4.98 Å². The van der Waals surface area contributed by atoms with Crippen molar-refractivity contribution in [3.8, 4) is 0 Å². The molecule has 17 heavy (non-hydrogen) atoms. The van der Waals surface area contributed by atoms with Crippen molar-refractivity contribution < 1.29 is 0 Å². The van der Waals surface area contributed by atoms with Gasteiger partial charge in [0.25, 0.3) is 0 Å². The van der Waals surface area contributed by atoms with Gasteiger partial charge >= 0.3 is 0 Å². The second-order valence-electron chi connectivity index (χ2n) is 4.25. The Morgan fingerprint density at radius 2 is 2.12 bits per heavy atom. The van der Waals surface area contributed by atoms with Crippen molar-refractivity contribution >= 4 is 16.7 Å². The largest absolute Gasteiger partial charge is 0.369 e. The van der Waals surface area contributed by atoms with Crippen LogP contribution in [-0.4, -0.2) is 18.1 Å². The lowest BCUT2D eigenvalue weighted by molar-refractivity contribution is 1.01. The van der Waals surface area contributed by atoms with Gasteiger partial charge < -0.3 is 11.1 Å². The number of nitrogens with one attached hydrogen (secondary N) is 1. The standard InChI is InChI=1S/C14H19N3/c1-3-11-4-5-13-12(9-11)8-10(2)14(17-13)16-7-6-15/h4-5,8-9H,3,6-7,15H2,1-2H3,(H,16,17). The second kappa shape index (κ2) is 5.15. The van der Waals surface area contributed by atoms with Crippen molar-refractivity contribution in [1.29, 1.82) is 0 Å². The molecular formula is C14H19N3. The minimum Gasteiger partial charge on any atom is -0.369 e. The Morgan fingerprint density at radius 3 is 2.82 bits per heavy atom. The van der Waals surface area contributed by atoms with Crippen molar-refractivity contribution in [2.45, 2.75) is 20.3 Å². The van der Waals surface area contributed by atoms with Crippen LogP contribution < -0.4 is 11.1 Å². The average molecular weight is 229 g/mol. The molecule has 3 nitrogen and oxygen atoms in total. The van der Waals surface area contributed by atoms with E-state index in [2.05, 4.69) is 48.4 Å². The zero-order valence-electron chi connectivity index (χ0n) is 10.5. The number of hydrogen-bond acceptors (Lipinski definition) is 3. The van der Waals surface area contributed by atoms with E-state index >= 15 is 0 Å². The maximum absolute atomic E-state index is 5.49. The molecule has 0 radical (unpaired) electrons. The monoisotopic (exact) mass is 229 g/mol. The molecule has 3 heteroatoms. The quantitative estimate of drug-likeness (QED) is 0.846. The Labute approximate surface area is 102 Å². The molecule has 90 valence electrons. The molecule has 0 aliphatic heterocycles. The maximum atomic E-state index is 5.49. The first-order valence-electron chi connectivity index (χ1n) is 6.09. The molecular weight excluding hydrogens is 210 g/mol. The Bertz CT molecular complexity index is 520. The van der Waals surface area contributed by atoms with E-state index in [1.807, 2.05) is 0 Å². The molecule has 1 heterocycles. The van der Waals surface area contributed by atoms with Gasteiger partial charge in [-0.1, -0.05) is 13.0 Å². The Kier molecular flexibility index (Phi) is 3.59. The third-order valence-electron chi connectivity index (χ3n) is 2.91. The highest BCUT2D eigenvalue weighted by Gasteiger charge is 2.03. The Hall–Kier alpha value is -1.61. The summed E-state index contributed by atoms with van der Waals surface area (Å²) in [5.74, 6) is 0.937. The van der Waals surface area contributed by atoms with Crippen molar-refractivity contribution in [2.24, 2.45) is 5.73 Å². The summed E-state index contributed by atoms with van der Waals surface area (Å²) in [6, 6.07) is 8.61. The first kappa shape index (κ1) is 11.9. The lowest BCUT2D eigenvalue weighted by Crippen LogP contribution is -2.14. The lowest BCUT2D eigenvalue weighted by Gasteiger charge is -2.09. The van der Waals surface area contributed by atoms with Crippen LogP contribution in [0.15, 0.2) is 24.3 Å². The summed E-state index contributed by atoms with van der Waals surface area (Å²) in [6.07, 6.45) is 1.06. The SMILES string of the molecule is CCc1ccc2nc(NCCN)c(C)cc2c1. The first-order chi connectivity index (χ1) is 8.24. The van der Waals surface area contributed by atoms with Crippen molar-refractivity contribution in [2.75, 3.05) is 18.4 Å². The summed E-state index contributed by atoms with van der Waals surface area (Å²) in [7, 11) is 0. The fraction of sp³-hybridized carbons (Fsp3) is 0.357. The molecule has 2 rings (SSSR count). The third-order valence-corrected chi connectivity index (χ3v) is 2.91. The topological polar surface area (TPSA) is 50.9 Å². The average Bonchev–Trinajstić information content (AvgIpc) is 2.35. The number of anilines is 1. The molecule has 0 bridgehead atoms. The third kappa shape index (κ3) is 2.56. The van der Waals surface area contributed by atoms with Gasteiger partial charge in [-0.3, -0.25) is 0 Å². The van der Waals surface area contributed by atoms with Crippen LogP contribution in [-0.2, 0) is 6.42 Å². The Balaban J connectivity index is 2.43. The number of aryl methyl sites for hydroxylation is 2. The number of hydrogen-bond donors (Lipinski definition) is 2. The number of nitrogens with two attached hydrogens (primary N) is 1. The van der Waals surface area contributed by atoms with Gasteiger partial charge in [-0.2, -0.15) is 0 Å². The highest BCUT2D eigenvalue weighted by Crippen LogP contribution is 2.21. The molecule has 0 amide bonds. The summed E-state index contributed by atoms with van der Waals surface area (Å²) in [5, 5.41) is 4.46. The van der Waals surface area contributed by atoms with Crippen molar-refractivity contribution in [1.82, 2.24) is 4.98 Å². The summed E-state index contributed by atoms with van der Waals surface area (Å²) in [5.41, 5.74) is 9.04. The summed E-state index contributed by atoms with van der Waals surface area (Å²) in [4.78, 5) is 4.62. The van der Waals surface area contributed by atoms with Crippen LogP contribution >= 0.6 is 0 Å². The fourth-order valence-corrected chi connectivity index (χ4v) is 1.92. The molecule has 0 atom stereocenters. The molecule has 1 aromatic heterocycles. The number of rotatable bonds is 4. The van der Waals surface area contributed by atoms with Gasteiger partial charge in [-0.05, 0) is 42.7 Å². The first-order valence-corrected chi connectivity index (χ1v) is 6.09. The van der Waals surface area contributed by atoms with Gasteiger partial charge in [0.15, 0.2) is 0 Å². The summed E-state index contributed by atoms with van der Waals surface area (Å²) < 4.78 is 0. The summed E-state index contributed by atoms with van der Waals surface area (Å²) in [6.45, 7) is 5.61. The van der Waals surface area contributed by atoms with E-state index in [1.165, 1.54) is 16.5 Å². The van der Waals surface area contributed by atoms with E-state index in [9.17, 15) is 0 Å². The predicted molar refractivity (Wildman–Crippen MR) is 73.4 cm³/mol. The molecule has 2 aromatic rings. The van der Waals surface area contributed by atoms with E-state index < -0.39 is 0 Å².